The molecule has 0 N–H and O–H groups in total. The van der Waals surface area contributed by atoms with E-state index >= 15 is 0 Å². The lowest BCUT2D eigenvalue weighted by Gasteiger charge is -2.01. The molecule has 4 rings (SSSR count). The molecule has 0 radical (unpaired) electrons. The largest absolute Gasteiger partial charge is 0.265 e. The van der Waals surface area contributed by atoms with Crippen LogP contribution in [0.5, 0.6) is 0 Å². The van der Waals surface area contributed by atoms with Crippen molar-refractivity contribution in [3.8, 4) is 10.6 Å². The second-order valence-electron chi connectivity index (χ2n) is 5.28. The van der Waals surface area contributed by atoms with Gasteiger partial charge in [0.25, 0.3) is 0 Å². The summed E-state index contributed by atoms with van der Waals surface area (Å²) in [7, 11) is 0. The van der Waals surface area contributed by atoms with Gasteiger partial charge in [-0.25, -0.2) is 9.67 Å². The Bertz CT molecular complexity index is 1100. The normalized spacial score (nSPS) is 12.1. The standard InChI is InChI=1S/C19H13ClN4S2/c20-15-4-1-2-5-16(15)23-19-24(22-12-14-7-9-21-10-8-14)17(13-26-19)18-6-3-11-25-18/h1-13H. The van der Waals surface area contributed by atoms with Gasteiger partial charge in [0.15, 0.2) is 0 Å². The Balaban J connectivity index is 1.85. The molecule has 128 valence electrons. The monoisotopic (exact) mass is 396 g/mol. The fraction of sp³-hybridized carbons (Fsp3) is 0. The topological polar surface area (TPSA) is 42.5 Å². The van der Waals surface area contributed by atoms with E-state index < -0.39 is 0 Å². The van der Waals surface area contributed by atoms with E-state index in [2.05, 4.69) is 26.9 Å². The van der Waals surface area contributed by atoms with Gasteiger partial charge in [0.2, 0.25) is 4.80 Å². The van der Waals surface area contributed by atoms with Crippen molar-refractivity contribution in [1.82, 2.24) is 9.66 Å². The Labute approximate surface area is 163 Å². The maximum atomic E-state index is 6.26. The maximum absolute atomic E-state index is 6.26. The highest BCUT2D eigenvalue weighted by atomic mass is 35.5. The molecule has 0 fully saturated rings. The number of aromatic nitrogens is 2. The number of hydrogen-bond donors (Lipinski definition) is 0. The molecule has 0 aliphatic heterocycles. The minimum atomic E-state index is 0.614. The van der Waals surface area contributed by atoms with E-state index in [0.29, 0.717) is 5.02 Å². The quantitative estimate of drug-likeness (QED) is 0.423. The summed E-state index contributed by atoms with van der Waals surface area (Å²) in [4.78, 5) is 10.6. The van der Waals surface area contributed by atoms with Crippen molar-refractivity contribution in [3.05, 3.63) is 87.1 Å². The number of halogens is 1. The predicted octanol–water partition coefficient (Wildman–Crippen LogP) is 5.44. The Hall–Kier alpha value is -2.54. The minimum Gasteiger partial charge on any atom is -0.265 e. The first-order chi connectivity index (χ1) is 12.8. The molecule has 4 nitrogen and oxygen atoms in total. The van der Waals surface area contributed by atoms with Gasteiger partial charge in [-0.05, 0) is 41.3 Å². The van der Waals surface area contributed by atoms with Crippen LogP contribution in [0.2, 0.25) is 5.02 Å². The van der Waals surface area contributed by atoms with Gasteiger partial charge < -0.3 is 0 Å². The van der Waals surface area contributed by atoms with Crippen LogP contribution in [0.1, 0.15) is 5.56 Å². The van der Waals surface area contributed by atoms with Crippen molar-refractivity contribution < 1.29 is 0 Å². The average molecular weight is 397 g/mol. The first-order valence-corrected chi connectivity index (χ1v) is 9.93. The van der Waals surface area contributed by atoms with Gasteiger partial charge in [0.05, 0.1) is 27.5 Å². The van der Waals surface area contributed by atoms with Crippen molar-refractivity contribution in [2.45, 2.75) is 0 Å². The summed E-state index contributed by atoms with van der Waals surface area (Å²) in [5, 5.41) is 9.39. The van der Waals surface area contributed by atoms with Gasteiger partial charge in [-0.1, -0.05) is 29.8 Å². The molecule has 7 heteroatoms. The minimum absolute atomic E-state index is 0.614. The van der Waals surface area contributed by atoms with Gasteiger partial charge in [0, 0.05) is 17.8 Å². The molecule has 1 aromatic carbocycles. The highest BCUT2D eigenvalue weighted by Crippen LogP contribution is 2.27. The molecule has 26 heavy (non-hydrogen) atoms. The molecule has 3 heterocycles. The summed E-state index contributed by atoms with van der Waals surface area (Å²) in [5.41, 5.74) is 2.70. The number of thiazole rings is 1. The number of rotatable bonds is 4. The molecule has 0 aliphatic rings. The summed E-state index contributed by atoms with van der Waals surface area (Å²) in [6.45, 7) is 0. The van der Waals surface area contributed by atoms with Crippen molar-refractivity contribution in [3.63, 3.8) is 0 Å². The zero-order valence-electron chi connectivity index (χ0n) is 13.5. The van der Waals surface area contributed by atoms with Crippen LogP contribution in [-0.4, -0.2) is 15.9 Å². The average Bonchev–Trinajstić information content (AvgIpc) is 3.32. The van der Waals surface area contributed by atoms with Crippen LogP contribution in [0.15, 0.2) is 81.8 Å². The molecular weight excluding hydrogens is 384 g/mol. The van der Waals surface area contributed by atoms with E-state index in [1.54, 1.807) is 29.9 Å². The fourth-order valence-corrected chi connectivity index (χ4v) is 4.12. The molecule has 0 saturated carbocycles. The van der Waals surface area contributed by atoms with Crippen LogP contribution in [0, 0.1) is 0 Å². The third kappa shape index (κ3) is 3.67. The Morgan fingerprint density at radius 3 is 2.62 bits per heavy atom. The second-order valence-corrected chi connectivity index (χ2v) is 7.47. The molecule has 0 spiro atoms. The molecule has 0 saturated heterocycles. The maximum Gasteiger partial charge on any atom is 0.211 e. The zero-order chi connectivity index (χ0) is 17.8. The summed E-state index contributed by atoms with van der Waals surface area (Å²) in [5.74, 6) is 0. The van der Waals surface area contributed by atoms with E-state index in [1.807, 2.05) is 47.1 Å². The first kappa shape index (κ1) is 16.9. The summed E-state index contributed by atoms with van der Waals surface area (Å²) in [6.07, 6.45) is 5.29. The van der Waals surface area contributed by atoms with Crippen LogP contribution < -0.4 is 4.80 Å². The molecule has 3 aromatic heterocycles. The number of para-hydroxylation sites is 1. The van der Waals surface area contributed by atoms with Crippen molar-refractivity contribution in [2.75, 3.05) is 0 Å². The highest BCUT2D eigenvalue weighted by molar-refractivity contribution is 7.14. The number of thiophene rings is 1. The molecule has 4 aromatic rings. The van der Waals surface area contributed by atoms with Crippen molar-refractivity contribution in [1.29, 1.82) is 0 Å². The predicted molar refractivity (Wildman–Crippen MR) is 110 cm³/mol. The Morgan fingerprint density at radius 2 is 1.85 bits per heavy atom. The number of pyridine rings is 1. The number of nitrogens with zero attached hydrogens (tertiary/aromatic N) is 4. The van der Waals surface area contributed by atoms with Gasteiger partial charge in [-0.15, -0.1) is 22.7 Å². The molecular formula is C19H13ClN4S2. The van der Waals surface area contributed by atoms with Crippen LogP contribution >= 0.6 is 34.3 Å². The third-order valence-corrected chi connectivity index (χ3v) is 5.58. The van der Waals surface area contributed by atoms with Crippen LogP contribution in [0.25, 0.3) is 10.6 Å². The molecule has 0 unspecified atom stereocenters. The molecule has 0 amide bonds. The fourth-order valence-electron chi connectivity index (χ4n) is 2.30. The third-order valence-electron chi connectivity index (χ3n) is 3.56. The molecule has 0 aliphatic carbocycles. The van der Waals surface area contributed by atoms with E-state index in [1.165, 1.54) is 11.3 Å². The van der Waals surface area contributed by atoms with Gasteiger partial charge in [-0.2, -0.15) is 5.10 Å². The summed E-state index contributed by atoms with van der Waals surface area (Å²) in [6, 6.07) is 15.5. The van der Waals surface area contributed by atoms with Crippen molar-refractivity contribution in [2.24, 2.45) is 10.1 Å². The lowest BCUT2D eigenvalue weighted by atomic mass is 10.3. The molecule has 0 atom stereocenters. The Morgan fingerprint density at radius 1 is 1.00 bits per heavy atom. The highest BCUT2D eigenvalue weighted by Gasteiger charge is 2.09. The van der Waals surface area contributed by atoms with Crippen LogP contribution in [-0.2, 0) is 0 Å². The summed E-state index contributed by atoms with van der Waals surface area (Å²) < 4.78 is 1.85. The molecule has 0 bridgehead atoms. The smallest absolute Gasteiger partial charge is 0.211 e. The first-order valence-electron chi connectivity index (χ1n) is 7.79. The number of hydrogen-bond acceptors (Lipinski definition) is 5. The number of benzene rings is 1. The second kappa shape index (κ2) is 7.78. The van der Waals surface area contributed by atoms with Crippen molar-refractivity contribution >= 4 is 46.2 Å². The van der Waals surface area contributed by atoms with Gasteiger partial charge in [-0.3, -0.25) is 4.98 Å². The van der Waals surface area contributed by atoms with E-state index in [0.717, 1.165) is 26.6 Å². The SMILES string of the molecule is Clc1ccccc1N=c1scc(-c2cccs2)n1N=Cc1ccncc1. The lowest BCUT2D eigenvalue weighted by Crippen LogP contribution is -2.11. The van der Waals surface area contributed by atoms with Gasteiger partial charge in [0.1, 0.15) is 0 Å². The van der Waals surface area contributed by atoms with Crippen LogP contribution in [0.4, 0.5) is 5.69 Å². The van der Waals surface area contributed by atoms with Crippen LogP contribution in [0.3, 0.4) is 0 Å². The van der Waals surface area contributed by atoms with E-state index in [9.17, 15) is 0 Å². The lowest BCUT2D eigenvalue weighted by molar-refractivity contribution is 0.856. The Kier molecular flexibility index (Phi) is 5.06. The zero-order valence-corrected chi connectivity index (χ0v) is 15.9. The van der Waals surface area contributed by atoms with Gasteiger partial charge >= 0.3 is 0 Å². The summed E-state index contributed by atoms with van der Waals surface area (Å²) >= 11 is 9.46. The van der Waals surface area contributed by atoms with E-state index in [-0.39, 0.29) is 0 Å². The van der Waals surface area contributed by atoms with E-state index in [4.69, 9.17) is 16.6 Å².